The Morgan fingerprint density at radius 3 is 2.39 bits per heavy atom. The molecule has 3 rings (SSSR count). The summed E-state index contributed by atoms with van der Waals surface area (Å²) < 4.78 is 12.1. The monoisotopic (exact) mass is 379 g/mol. The van der Waals surface area contributed by atoms with E-state index in [4.69, 9.17) is 15.9 Å². The Morgan fingerprint density at radius 2 is 1.86 bits per heavy atom. The van der Waals surface area contributed by atoms with Crippen molar-refractivity contribution in [3.63, 3.8) is 0 Å². The molecule has 7 heteroatoms. The second-order valence-corrected chi connectivity index (χ2v) is 7.30. The zero-order valence-corrected chi connectivity index (χ0v) is 16.4. The molecule has 0 spiro atoms. The molecule has 1 N–H and O–H groups in total. The van der Waals surface area contributed by atoms with Gasteiger partial charge in [0.1, 0.15) is 11.3 Å². The molecule has 0 bridgehead atoms. The highest BCUT2D eigenvalue weighted by molar-refractivity contribution is 5.83. The average Bonchev–Trinajstić information content (AvgIpc) is 2.96. The molecule has 0 fully saturated rings. The Labute approximate surface area is 163 Å². The quantitative estimate of drug-likeness (QED) is 0.555. The first-order valence-electron chi connectivity index (χ1n) is 8.62. The van der Waals surface area contributed by atoms with Crippen LogP contribution in [0.2, 0.25) is 0 Å². The van der Waals surface area contributed by atoms with Crippen molar-refractivity contribution in [2.45, 2.75) is 27.7 Å². The van der Waals surface area contributed by atoms with Crippen LogP contribution in [-0.4, -0.2) is 32.7 Å². The Hall–Kier alpha value is -3.53. The number of aryl methyl sites for hydroxylation is 1. The van der Waals surface area contributed by atoms with Gasteiger partial charge in [-0.1, -0.05) is 0 Å². The first-order chi connectivity index (χ1) is 13.2. The zero-order chi connectivity index (χ0) is 20.6. The van der Waals surface area contributed by atoms with Crippen LogP contribution in [-0.2, 0) is 4.79 Å². The van der Waals surface area contributed by atoms with Crippen LogP contribution in [0.5, 0.6) is 17.4 Å². The molecule has 0 aromatic heterocycles. The molecule has 2 aliphatic rings. The van der Waals surface area contributed by atoms with Crippen LogP contribution < -0.4 is 9.47 Å². The molecule has 0 unspecified atom stereocenters. The van der Waals surface area contributed by atoms with Crippen molar-refractivity contribution in [2.75, 3.05) is 7.11 Å². The Balaban J connectivity index is 2.23. The molecular formula is C21H21N3O4. The lowest BCUT2D eigenvalue weighted by atomic mass is 9.97. The molecule has 0 amide bonds. The number of fused-ring (bicyclic) bond motifs is 1. The zero-order valence-electron chi connectivity index (χ0n) is 16.4. The summed E-state index contributed by atoms with van der Waals surface area (Å²) in [6.07, 6.45) is 5.60. The molecule has 0 radical (unpaired) electrons. The maximum atomic E-state index is 12.4. The standard InChI is InChI=1S/C21H21N3O4/c1-7-15-23-18-16(17(12(2)22-18)28-20(26)21(3,4)5)19(25)24(15)13-8-10-14(27-6)11-9-13/h1,8-11,25H,2-6H3. The summed E-state index contributed by atoms with van der Waals surface area (Å²) in [6, 6.07) is 6.94. The molecule has 0 saturated heterocycles. The van der Waals surface area contributed by atoms with Crippen molar-refractivity contribution in [2.24, 2.45) is 5.41 Å². The largest absolute Gasteiger partial charge is 0.497 e. The topological polar surface area (TPSA) is 86.5 Å². The molecule has 7 nitrogen and oxygen atoms in total. The van der Waals surface area contributed by atoms with E-state index in [1.807, 2.05) is 0 Å². The van der Waals surface area contributed by atoms with E-state index in [0.717, 1.165) is 0 Å². The van der Waals surface area contributed by atoms with Crippen molar-refractivity contribution in [1.29, 1.82) is 0 Å². The summed E-state index contributed by atoms with van der Waals surface area (Å²) in [5.74, 6) is 3.02. The third-order valence-corrected chi connectivity index (χ3v) is 4.18. The number of aromatic hydroxyl groups is 1. The van der Waals surface area contributed by atoms with Crippen LogP contribution in [0.3, 0.4) is 0 Å². The number of hydrogen-bond acceptors (Lipinski definition) is 6. The Kier molecular flexibility index (Phi) is 4.73. The van der Waals surface area contributed by atoms with Crippen LogP contribution in [0.25, 0.3) is 17.1 Å². The van der Waals surface area contributed by atoms with E-state index < -0.39 is 11.4 Å². The van der Waals surface area contributed by atoms with Gasteiger partial charge in [0, 0.05) is 0 Å². The second kappa shape index (κ2) is 6.89. The van der Waals surface area contributed by atoms with E-state index in [2.05, 4.69) is 15.9 Å². The normalized spacial score (nSPS) is 11.3. The molecule has 0 saturated carbocycles. The number of methoxy groups -OCH3 is 1. The molecule has 0 aliphatic carbocycles. The maximum absolute atomic E-state index is 12.4. The van der Waals surface area contributed by atoms with Crippen molar-refractivity contribution in [3.8, 4) is 46.8 Å². The number of nitrogens with zero attached hydrogens (tertiary/aromatic N) is 3. The predicted molar refractivity (Wildman–Crippen MR) is 104 cm³/mol. The Morgan fingerprint density at radius 1 is 1.21 bits per heavy atom. The molecule has 1 aromatic rings. The van der Waals surface area contributed by atoms with Gasteiger partial charge >= 0.3 is 5.97 Å². The van der Waals surface area contributed by atoms with E-state index in [9.17, 15) is 9.90 Å². The summed E-state index contributed by atoms with van der Waals surface area (Å²) in [7, 11) is 1.56. The lowest BCUT2D eigenvalue weighted by Gasteiger charge is -2.18. The van der Waals surface area contributed by atoms with Crippen molar-refractivity contribution in [1.82, 2.24) is 14.5 Å². The number of ether oxygens (including phenoxy) is 2. The van der Waals surface area contributed by atoms with Gasteiger partial charge in [-0.25, -0.2) is 9.97 Å². The summed E-state index contributed by atoms with van der Waals surface area (Å²) in [4.78, 5) is 21.0. The number of carbonyl (C=O) groups is 1. The van der Waals surface area contributed by atoms with Gasteiger partial charge in [0.05, 0.1) is 23.9 Å². The summed E-state index contributed by atoms with van der Waals surface area (Å²) in [5, 5.41) is 11.0. The third-order valence-electron chi connectivity index (χ3n) is 4.18. The molecule has 1 aromatic carbocycles. The number of esters is 1. The van der Waals surface area contributed by atoms with Gasteiger partial charge in [-0.15, -0.1) is 6.42 Å². The van der Waals surface area contributed by atoms with E-state index in [-0.39, 0.29) is 28.8 Å². The van der Waals surface area contributed by atoms with Gasteiger partial charge < -0.3 is 14.6 Å². The van der Waals surface area contributed by atoms with Gasteiger partial charge in [0.25, 0.3) is 0 Å². The molecule has 2 heterocycles. The highest BCUT2D eigenvalue weighted by atomic mass is 16.5. The van der Waals surface area contributed by atoms with Gasteiger partial charge in [-0.2, -0.15) is 0 Å². The number of aromatic nitrogens is 3. The van der Waals surface area contributed by atoms with E-state index in [1.54, 1.807) is 59.1 Å². The van der Waals surface area contributed by atoms with Gasteiger partial charge in [0.15, 0.2) is 17.4 Å². The summed E-state index contributed by atoms with van der Waals surface area (Å²) in [6.45, 7) is 6.92. The van der Waals surface area contributed by atoms with Crippen LogP contribution in [0.4, 0.5) is 0 Å². The van der Waals surface area contributed by atoms with E-state index in [0.29, 0.717) is 17.1 Å². The number of benzene rings is 1. The molecular weight excluding hydrogens is 358 g/mol. The lowest BCUT2D eigenvalue weighted by Crippen LogP contribution is -2.25. The third kappa shape index (κ3) is 3.25. The highest BCUT2D eigenvalue weighted by Gasteiger charge is 2.31. The fourth-order valence-corrected chi connectivity index (χ4v) is 2.64. The minimum Gasteiger partial charge on any atom is -0.497 e. The maximum Gasteiger partial charge on any atom is 0.316 e. The second-order valence-electron chi connectivity index (χ2n) is 7.30. The number of hydrogen-bond donors (Lipinski definition) is 1. The Bertz CT molecular complexity index is 1050. The van der Waals surface area contributed by atoms with Gasteiger partial charge in [-0.05, 0) is 57.9 Å². The minimum absolute atomic E-state index is 0.168. The smallest absolute Gasteiger partial charge is 0.316 e. The van der Waals surface area contributed by atoms with Crippen LogP contribution in [0.15, 0.2) is 24.3 Å². The summed E-state index contributed by atoms with van der Waals surface area (Å²) >= 11 is 0. The molecule has 2 aliphatic heterocycles. The van der Waals surface area contributed by atoms with E-state index >= 15 is 0 Å². The highest BCUT2D eigenvalue weighted by Crippen LogP contribution is 2.42. The molecule has 28 heavy (non-hydrogen) atoms. The number of terminal acetylenes is 1. The van der Waals surface area contributed by atoms with Gasteiger partial charge in [-0.3, -0.25) is 9.36 Å². The van der Waals surface area contributed by atoms with Gasteiger partial charge in [0.2, 0.25) is 5.88 Å². The molecule has 144 valence electrons. The fraction of sp³-hybridized carbons (Fsp3) is 0.286. The van der Waals surface area contributed by atoms with Crippen LogP contribution in [0, 0.1) is 24.7 Å². The van der Waals surface area contributed by atoms with Crippen molar-refractivity contribution >= 4 is 5.97 Å². The fourth-order valence-electron chi connectivity index (χ4n) is 2.64. The van der Waals surface area contributed by atoms with Crippen molar-refractivity contribution < 1.29 is 19.4 Å². The first kappa shape index (κ1) is 19.2. The summed E-state index contributed by atoms with van der Waals surface area (Å²) in [5.41, 5.74) is 0.521. The van der Waals surface area contributed by atoms with E-state index in [1.165, 1.54) is 4.57 Å². The minimum atomic E-state index is -0.718. The SMILES string of the molecule is C#Cc1nc2nc(C)c(OC(=O)C(C)(C)C)c-2c(O)n1-c1ccc(OC)cc1. The average molecular weight is 379 g/mol. The molecule has 0 atom stereocenters. The van der Waals surface area contributed by atoms with Crippen LogP contribution in [0.1, 0.15) is 32.3 Å². The van der Waals surface area contributed by atoms with Crippen molar-refractivity contribution in [3.05, 3.63) is 35.8 Å². The lowest BCUT2D eigenvalue weighted by molar-refractivity contribution is -0.143. The van der Waals surface area contributed by atoms with Crippen LogP contribution >= 0.6 is 0 Å². The number of carbonyl (C=O) groups excluding carboxylic acids is 1. The number of rotatable bonds is 3. The predicted octanol–water partition coefficient (Wildman–Crippen LogP) is 3.33. The first-order valence-corrected chi connectivity index (χ1v) is 8.62.